The smallest absolute Gasteiger partial charge is 0.212 e. The maximum Gasteiger partial charge on any atom is 0.234 e. The summed E-state index contributed by atoms with van der Waals surface area (Å²) < 4.78 is 37.7. The van der Waals surface area contributed by atoms with Crippen molar-refractivity contribution in [2.45, 2.75) is 9.79 Å². The van der Waals surface area contributed by atoms with Crippen LogP contribution in [0, 0.1) is 5.82 Å². The molecule has 0 radical (unpaired) electrons. The van der Waals surface area contributed by atoms with Crippen molar-refractivity contribution in [2.75, 3.05) is 0 Å². The molecule has 0 spiro atoms. The highest BCUT2D eigenvalue weighted by Crippen LogP contribution is 2.31. The molecule has 18 heavy (non-hydrogen) atoms. The van der Waals surface area contributed by atoms with Gasteiger partial charge in [0.2, 0.25) is 8.87 Å². The largest absolute Gasteiger partial charge is 0.234 e. The normalized spacial score (nSPS) is 11.4. The van der Waals surface area contributed by atoms with Gasteiger partial charge in [0.1, 0.15) is 5.82 Å². The summed E-state index contributed by atoms with van der Waals surface area (Å²) in [6.07, 6.45) is 0. The lowest BCUT2D eigenvalue weighted by atomic mass is 10.4. The van der Waals surface area contributed by atoms with Crippen molar-refractivity contribution in [1.82, 2.24) is 0 Å². The minimum atomic E-state index is -3.51. The van der Waals surface area contributed by atoms with Crippen LogP contribution in [0.3, 0.4) is 0 Å². The van der Waals surface area contributed by atoms with E-state index >= 15 is 0 Å². The fourth-order valence-corrected chi connectivity index (χ4v) is 4.31. The van der Waals surface area contributed by atoms with Crippen LogP contribution in [0.4, 0.5) is 4.39 Å². The van der Waals surface area contributed by atoms with Crippen LogP contribution in [0.2, 0.25) is 0 Å². The molecule has 6 heteroatoms. The second-order valence-electron chi connectivity index (χ2n) is 3.45. The Balaban J connectivity index is 2.27. The molecule has 0 amide bonds. The van der Waals surface area contributed by atoms with Crippen molar-refractivity contribution >= 4 is 35.6 Å². The number of halogens is 2. The third kappa shape index (κ3) is 3.34. The van der Waals surface area contributed by atoms with Gasteiger partial charge in [-0.25, -0.2) is 12.8 Å². The van der Waals surface area contributed by atoms with Gasteiger partial charge in [0.15, 0.2) is 0 Å². The molecule has 0 aliphatic heterocycles. The lowest BCUT2D eigenvalue weighted by Gasteiger charge is -2.03. The van der Waals surface area contributed by atoms with E-state index in [2.05, 4.69) is 15.9 Å². The number of rotatable bonds is 3. The molecule has 0 bridgehead atoms. The average molecular weight is 347 g/mol. The zero-order chi connectivity index (χ0) is 13.2. The Kier molecular flexibility index (Phi) is 4.09. The van der Waals surface area contributed by atoms with Gasteiger partial charge in [-0.2, -0.15) is 0 Å². The van der Waals surface area contributed by atoms with E-state index in [1.165, 1.54) is 12.1 Å². The SMILES string of the molecule is O=S(=O)(Sc1ccc(Br)cc1)c1ccc(F)cc1. The quantitative estimate of drug-likeness (QED) is 0.785. The van der Waals surface area contributed by atoms with E-state index in [0.29, 0.717) is 4.90 Å². The van der Waals surface area contributed by atoms with Crippen LogP contribution in [0.25, 0.3) is 0 Å². The van der Waals surface area contributed by atoms with Crippen LogP contribution >= 0.6 is 26.7 Å². The zero-order valence-corrected chi connectivity index (χ0v) is 12.2. The Bertz CT molecular complexity index is 637. The highest BCUT2D eigenvalue weighted by atomic mass is 79.9. The first kappa shape index (κ1) is 13.6. The monoisotopic (exact) mass is 346 g/mol. The van der Waals surface area contributed by atoms with Gasteiger partial charge >= 0.3 is 0 Å². The summed E-state index contributed by atoms with van der Waals surface area (Å²) in [7, 11) is -2.77. The number of hydrogen-bond donors (Lipinski definition) is 0. The molecule has 0 unspecified atom stereocenters. The zero-order valence-electron chi connectivity index (χ0n) is 9.01. The lowest BCUT2D eigenvalue weighted by molar-refractivity contribution is 0.608. The van der Waals surface area contributed by atoms with Gasteiger partial charge in [-0.3, -0.25) is 0 Å². The van der Waals surface area contributed by atoms with Gasteiger partial charge in [-0.15, -0.1) is 0 Å². The molecule has 2 aromatic carbocycles. The molecule has 0 saturated carbocycles. The van der Waals surface area contributed by atoms with Crippen LogP contribution < -0.4 is 0 Å². The molecule has 0 heterocycles. The molecule has 0 atom stereocenters. The standard InChI is InChI=1S/C12H8BrFO2S2/c13-9-1-5-11(6-2-9)17-18(15,16)12-7-3-10(14)4-8-12/h1-8H. The fraction of sp³-hybridized carbons (Fsp3) is 0. The molecule has 0 aromatic heterocycles. The Hall–Kier alpha value is -0.850. The predicted octanol–water partition coefficient (Wildman–Crippen LogP) is 4.07. The van der Waals surface area contributed by atoms with Crippen LogP contribution in [-0.2, 0) is 8.87 Å². The summed E-state index contributed by atoms with van der Waals surface area (Å²) in [4.78, 5) is 0.708. The highest BCUT2D eigenvalue weighted by Gasteiger charge is 2.16. The van der Waals surface area contributed by atoms with E-state index in [1.54, 1.807) is 24.3 Å². The molecule has 94 valence electrons. The topological polar surface area (TPSA) is 34.1 Å². The van der Waals surface area contributed by atoms with E-state index in [9.17, 15) is 12.8 Å². The first-order valence-electron chi connectivity index (χ1n) is 4.93. The first-order valence-corrected chi connectivity index (χ1v) is 8.54. The highest BCUT2D eigenvalue weighted by molar-refractivity contribution is 9.10. The summed E-state index contributed by atoms with van der Waals surface area (Å²) in [5.74, 6) is -0.456. The summed E-state index contributed by atoms with van der Waals surface area (Å²) in [6, 6.07) is 11.7. The molecule has 0 aliphatic rings. The van der Waals surface area contributed by atoms with Crippen LogP contribution in [0.1, 0.15) is 0 Å². The molecule has 2 aromatic rings. The Morgan fingerprint density at radius 3 is 2.06 bits per heavy atom. The third-order valence-corrected chi connectivity index (χ3v) is 6.00. The number of benzene rings is 2. The third-order valence-electron chi connectivity index (χ3n) is 2.12. The van der Waals surface area contributed by atoms with Crippen LogP contribution in [0.15, 0.2) is 62.8 Å². The predicted molar refractivity (Wildman–Crippen MR) is 73.6 cm³/mol. The Morgan fingerprint density at radius 2 is 1.50 bits per heavy atom. The van der Waals surface area contributed by atoms with E-state index in [1.807, 2.05) is 0 Å². The van der Waals surface area contributed by atoms with Gasteiger partial charge in [0.05, 0.1) is 4.90 Å². The van der Waals surface area contributed by atoms with Crippen LogP contribution in [0.5, 0.6) is 0 Å². The molecule has 2 nitrogen and oxygen atoms in total. The number of hydrogen-bond acceptors (Lipinski definition) is 3. The van der Waals surface area contributed by atoms with Gasteiger partial charge < -0.3 is 0 Å². The molecular weight excluding hydrogens is 339 g/mol. The fourth-order valence-electron chi connectivity index (χ4n) is 1.27. The maximum atomic E-state index is 12.7. The van der Waals surface area contributed by atoms with E-state index in [4.69, 9.17) is 0 Å². The van der Waals surface area contributed by atoms with Crippen molar-refractivity contribution in [3.05, 3.63) is 58.8 Å². The van der Waals surface area contributed by atoms with Gasteiger partial charge in [0.25, 0.3) is 0 Å². The van der Waals surface area contributed by atoms with Gasteiger partial charge in [0, 0.05) is 20.2 Å². The Labute approximate surface area is 117 Å². The van der Waals surface area contributed by atoms with E-state index < -0.39 is 14.7 Å². The van der Waals surface area contributed by atoms with E-state index in [0.717, 1.165) is 27.4 Å². The minimum Gasteiger partial charge on any atom is -0.212 e. The van der Waals surface area contributed by atoms with Crippen molar-refractivity contribution in [1.29, 1.82) is 0 Å². The molecule has 0 saturated heterocycles. The molecule has 0 aliphatic carbocycles. The van der Waals surface area contributed by atoms with Crippen molar-refractivity contribution < 1.29 is 12.8 Å². The molecule has 0 N–H and O–H groups in total. The second kappa shape index (κ2) is 5.42. The molecular formula is C12H8BrFO2S2. The summed E-state index contributed by atoms with van der Waals surface area (Å²) in [5, 5.41) is 0. The maximum absolute atomic E-state index is 12.7. The van der Waals surface area contributed by atoms with E-state index in [-0.39, 0.29) is 4.90 Å². The first-order chi connectivity index (χ1) is 8.47. The lowest BCUT2D eigenvalue weighted by Crippen LogP contribution is -1.95. The minimum absolute atomic E-state index is 0.0943. The molecule has 2 rings (SSSR count). The molecule has 0 fully saturated rings. The summed E-state index contributed by atoms with van der Waals surface area (Å²) in [6.45, 7) is 0. The van der Waals surface area contributed by atoms with Crippen molar-refractivity contribution in [3.8, 4) is 0 Å². The van der Waals surface area contributed by atoms with Crippen molar-refractivity contribution in [3.63, 3.8) is 0 Å². The average Bonchev–Trinajstić information content (AvgIpc) is 2.32. The van der Waals surface area contributed by atoms with Gasteiger partial charge in [-0.05, 0) is 48.5 Å². The summed E-state index contributed by atoms with van der Waals surface area (Å²) in [5.41, 5.74) is 0. The summed E-state index contributed by atoms with van der Waals surface area (Å²) >= 11 is 3.28. The van der Waals surface area contributed by atoms with Crippen molar-refractivity contribution in [2.24, 2.45) is 0 Å². The van der Waals surface area contributed by atoms with Gasteiger partial charge in [-0.1, -0.05) is 15.9 Å². The Morgan fingerprint density at radius 1 is 0.944 bits per heavy atom. The second-order valence-corrected chi connectivity index (χ2v) is 8.20. The van der Waals surface area contributed by atoms with Crippen LogP contribution in [-0.4, -0.2) is 8.42 Å².